The Labute approximate surface area is 155 Å². The molecule has 0 radical (unpaired) electrons. The first-order valence-corrected chi connectivity index (χ1v) is 8.45. The van der Waals surface area contributed by atoms with E-state index in [9.17, 15) is 13.6 Å². The number of hydrogen-bond acceptors (Lipinski definition) is 4. The molecule has 3 N–H and O–H groups in total. The van der Waals surface area contributed by atoms with Gasteiger partial charge >= 0.3 is 12.6 Å². The average molecular weight is 377 g/mol. The van der Waals surface area contributed by atoms with Crippen LogP contribution < -0.4 is 20.5 Å². The summed E-state index contributed by atoms with van der Waals surface area (Å²) in [6, 6.07) is 13.4. The maximum Gasteiger partial charge on any atom is 0.387 e. The first kappa shape index (κ1) is 18.9. The fourth-order valence-corrected chi connectivity index (χ4v) is 3.10. The van der Waals surface area contributed by atoms with Gasteiger partial charge in [0, 0.05) is 6.54 Å². The van der Waals surface area contributed by atoms with Crippen molar-refractivity contribution >= 4 is 6.03 Å². The van der Waals surface area contributed by atoms with Gasteiger partial charge in [-0.2, -0.15) is 8.78 Å². The smallest absolute Gasteiger partial charge is 0.387 e. The summed E-state index contributed by atoms with van der Waals surface area (Å²) >= 11 is 0. The lowest BCUT2D eigenvalue weighted by molar-refractivity contribution is -0.0498. The molecule has 8 heteroatoms. The van der Waals surface area contributed by atoms with Crippen molar-refractivity contribution in [3.8, 4) is 11.5 Å². The molecule has 0 aliphatic carbocycles. The molecule has 2 aromatic carbocycles. The number of hydrogen-bond donors (Lipinski definition) is 2. The highest BCUT2D eigenvalue weighted by atomic mass is 19.3. The molecule has 1 aliphatic heterocycles. The molecule has 1 fully saturated rings. The van der Waals surface area contributed by atoms with Crippen LogP contribution in [0.3, 0.4) is 0 Å². The molecule has 0 saturated carbocycles. The Kier molecular flexibility index (Phi) is 5.46. The molecule has 27 heavy (non-hydrogen) atoms. The van der Waals surface area contributed by atoms with Crippen LogP contribution in [-0.2, 0) is 12.1 Å². The van der Waals surface area contributed by atoms with Gasteiger partial charge in [-0.05, 0) is 41.8 Å². The van der Waals surface area contributed by atoms with Crippen molar-refractivity contribution in [3.05, 3.63) is 59.7 Å². The van der Waals surface area contributed by atoms with E-state index in [0.717, 1.165) is 11.1 Å². The van der Waals surface area contributed by atoms with Gasteiger partial charge in [0.05, 0.1) is 13.7 Å². The first-order valence-electron chi connectivity index (χ1n) is 8.45. The van der Waals surface area contributed by atoms with Crippen LogP contribution in [0.4, 0.5) is 13.6 Å². The molecule has 3 rings (SSSR count). The minimum atomic E-state index is -2.86. The van der Waals surface area contributed by atoms with E-state index in [1.165, 1.54) is 12.1 Å². The number of ether oxygens (including phenoxy) is 2. The standard InChI is InChI=1S/C19H21F2N3O3/c1-26-15-8-4-14(5-9-15)19(22)12-23-18(25)24(19)11-10-13-2-6-16(7-3-13)27-17(20)21/h2-9,17H,10-12,22H2,1H3,(H,23,25). The zero-order valence-corrected chi connectivity index (χ0v) is 14.8. The summed E-state index contributed by atoms with van der Waals surface area (Å²) in [5.41, 5.74) is 7.25. The van der Waals surface area contributed by atoms with E-state index in [1.807, 2.05) is 12.1 Å². The third-order valence-electron chi connectivity index (χ3n) is 4.60. The van der Waals surface area contributed by atoms with Crippen LogP contribution in [0, 0.1) is 0 Å². The van der Waals surface area contributed by atoms with Gasteiger partial charge in [0.25, 0.3) is 0 Å². The van der Waals surface area contributed by atoms with Crippen LogP contribution in [0.5, 0.6) is 11.5 Å². The number of alkyl halides is 2. The minimum Gasteiger partial charge on any atom is -0.497 e. The number of nitrogens with two attached hydrogens (primary N) is 1. The van der Waals surface area contributed by atoms with Crippen molar-refractivity contribution in [3.63, 3.8) is 0 Å². The summed E-state index contributed by atoms with van der Waals surface area (Å²) in [6.45, 7) is -2.19. The number of nitrogens with one attached hydrogen (secondary N) is 1. The monoisotopic (exact) mass is 377 g/mol. The number of carbonyl (C=O) groups excluding carboxylic acids is 1. The molecule has 0 spiro atoms. The Morgan fingerprint density at radius 2 is 1.78 bits per heavy atom. The van der Waals surface area contributed by atoms with E-state index in [2.05, 4.69) is 10.1 Å². The number of carbonyl (C=O) groups is 1. The van der Waals surface area contributed by atoms with Crippen molar-refractivity contribution < 1.29 is 23.0 Å². The zero-order valence-electron chi connectivity index (χ0n) is 14.8. The van der Waals surface area contributed by atoms with Crippen LogP contribution in [0.1, 0.15) is 11.1 Å². The van der Waals surface area contributed by atoms with Crippen LogP contribution in [0.2, 0.25) is 0 Å². The predicted molar refractivity (Wildman–Crippen MR) is 95.7 cm³/mol. The Morgan fingerprint density at radius 3 is 2.37 bits per heavy atom. The molecule has 1 aliphatic rings. The zero-order chi connectivity index (χ0) is 19.4. The molecule has 1 heterocycles. The Bertz CT molecular complexity index is 784. The second-order valence-electron chi connectivity index (χ2n) is 6.24. The quantitative estimate of drug-likeness (QED) is 0.778. The van der Waals surface area contributed by atoms with E-state index in [4.69, 9.17) is 10.5 Å². The summed E-state index contributed by atoms with van der Waals surface area (Å²) in [5, 5.41) is 2.78. The van der Waals surface area contributed by atoms with E-state index in [0.29, 0.717) is 25.3 Å². The third-order valence-corrected chi connectivity index (χ3v) is 4.60. The van der Waals surface area contributed by atoms with Crippen molar-refractivity contribution in [2.45, 2.75) is 18.7 Å². The second kappa shape index (κ2) is 7.79. The number of nitrogens with zero attached hydrogens (tertiary/aromatic N) is 1. The highest BCUT2D eigenvalue weighted by molar-refractivity contribution is 5.78. The van der Waals surface area contributed by atoms with Crippen molar-refractivity contribution in [2.24, 2.45) is 5.73 Å². The van der Waals surface area contributed by atoms with Crippen molar-refractivity contribution in [1.29, 1.82) is 0 Å². The van der Waals surface area contributed by atoms with Crippen LogP contribution in [0.25, 0.3) is 0 Å². The predicted octanol–water partition coefficient (Wildman–Crippen LogP) is 2.68. The fourth-order valence-electron chi connectivity index (χ4n) is 3.10. The lowest BCUT2D eigenvalue weighted by Gasteiger charge is -2.34. The Morgan fingerprint density at radius 1 is 1.15 bits per heavy atom. The molecule has 0 bridgehead atoms. The molecular weight excluding hydrogens is 356 g/mol. The molecule has 1 atom stereocenters. The summed E-state index contributed by atoms with van der Waals surface area (Å²) in [6.07, 6.45) is 0.525. The van der Waals surface area contributed by atoms with Gasteiger partial charge in [-0.3, -0.25) is 0 Å². The second-order valence-corrected chi connectivity index (χ2v) is 6.24. The Balaban J connectivity index is 1.70. The molecule has 144 valence electrons. The number of benzene rings is 2. The van der Waals surface area contributed by atoms with Crippen LogP contribution >= 0.6 is 0 Å². The van der Waals surface area contributed by atoms with Gasteiger partial charge in [-0.25, -0.2) is 4.79 Å². The largest absolute Gasteiger partial charge is 0.497 e. The first-order chi connectivity index (χ1) is 12.9. The molecule has 2 aromatic rings. The fraction of sp³-hybridized carbons (Fsp3) is 0.316. The van der Waals surface area contributed by atoms with E-state index >= 15 is 0 Å². The third kappa shape index (κ3) is 4.11. The normalized spacial score (nSPS) is 19.3. The van der Waals surface area contributed by atoms with Gasteiger partial charge in [-0.15, -0.1) is 0 Å². The van der Waals surface area contributed by atoms with Crippen molar-refractivity contribution in [2.75, 3.05) is 20.2 Å². The number of methoxy groups -OCH3 is 1. The summed E-state index contributed by atoms with van der Waals surface area (Å²) in [4.78, 5) is 13.9. The van der Waals surface area contributed by atoms with Crippen LogP contribution in [0.15, 0.2) is 48.5 Å². The highest BCUT2D eigenvalue weighted by Gasteiger charge is 2.43. The molecule has 2 amide bonds. The van der Waals surface area contributed by atoms with Gasteiger partial charge in [0.1, 0.15) is 17.2 Å². The summed E-state index contributed by atoms with van der Waals surface area (Å²) in [5.74, 6) is 0.802. The van der Waals surface area contributed by atoms with Gasteiger partial charge < -0.3 is 25.4 Å². The van der Waals surface area contributed by atoms with E-state index in [1.54, 1.807) is 36.3 Å². The topological polar surface area (TPSA) is 76.8 Å². The van der Waals surface area contributed by atoms with Gasteiger partial charge in [0.15, 0.2) is 0 Å². The number of rotatable bonds is 7. The summed E-state index contributed by atoms with van der Waals surface area (Å²) < 4.78 is 33.9. The van der Waals surface area contributed by atoms with Crippen LogP contribution in [-0.4, -0.2) is 37.7 Å². The number of urea groups is 1. The Hall–Kier alpha value is -2.87. The molecule has 0 aromatic heterocycles. The lowest BCUT2D eigenvalue weighted by Crippen LogP contribution is -2.52. The molecule has 6 nitrogen and oxygen atoms in total. The minimum absolute atomic E-state index is 0.0964. The van der Waals surface area contributed by atoms with E-state index in [-0.39, 0.29) is 11.8 Å². The maximum atomic E-state index is 12.3. The van der Waals surface area contributed by atoms with Gasteiger partial charge in [-0.1, -0.05) is 24.3 Å². The number of halogens is 2. The van der Waals surface area contributed by atoms with E-state index < -0.39 is 12.3 Å². The lowest BCUT2D eigenvalue weighted by atomic mass is 9.99. The highest BCUT2D eigenvalue weighted by Crippen LogP contribution is 2.28. The average Bonchev–Trinajstić information content (AvgIpc) is 2.96. The SMILES string of the molecule is COc1ccc(C2(N)CNC(=O)N2CCc2ccc(OC(F)F)cc2)cc1. The number of amides is 2. The van der Waals surface area contributed by atoms with Crippen molar-refractivity contribution in [1.82, 2.24) is 10.2 Å². The maximum absolute atomic E-state index is 12.3. The van der Waals surface area contributed by atoms with Gasteiger partial charge in [0.2, 0.25) is 0 Å². The molecule has 1 saturated heterocycles. The molecular formula is C19H21F2N3O3. The summed E-state index contributed by atoms with van der Waals surface area (Å²) in [7, 11) is 1.58. The molecule has 1 unspecified atom stereocenters.